The van der Waals surface area contributed by atoms with Crippen molar-refractivity contribution >= 4 is 11.7 Å². The molecule has 0 aliphatic heterocycles. The maximum Gasteiger partial charge on any atom is 0.271 e. The zero-order valence-corrected chi connectivity index (χ0v) is 13.6. The summed E-state index contributed by atoms with van der Waals surface area (Å²) in [6, 6.07) is 3.53. The Hall–Kier alpha value is -1.91. The molecule has 1 amide bonds. The van der Waals surface area contributed by atoms with Crippen LogP contribution in [0, 0.1) is 5.92 Å². The normalized spacial score (nSPS) is 14.6. The van der Waals surface area contributed by atoms with Crippen LogP contribution in [0.4, 0.5) is 5.82 Å². The minimum Gasteiger partial charge on any atom is -0.368 e. The molecule has 1 aromatic rings. The number of anilines is 1. The lowest BCUT2D eigenvalue weighted by atomic mass is 9.97. The molecule has 1 heterocycles. The Bertz CT molecular complexity index is 508. The number of aromatic nitrogens is 2. The number of nitrogens with one attached hydrogen (secondary N) is 2. The molecule has 2 rings (SSSR count). The largest absolute Gasteiger partial charge is 0.368 e. The maximum atomic E-state index is 11.8. The van der Waals surface area contributed by atoms with Crippen molar-refractivity contribution in [3.8, 4) is 0 Å². The predicted octanol–water partition coefficient (Wildman–Crippen LogP) is 3.16. The first kappa shape index (κ1) is 16.5. The molecular weight excluding hydrogens is 276 g/mol. The van der Waals surface area contributed by atoms with E-state index in [1.807, 2.05) is 6.07 Å². The number of carbonyl (C=O) groups excluding carboxylic acids is 1. The third kappa shape index (κ3) is 5.47. The van der Waals surface area contributed by atoms with Crippen LogP contribution in [0.1, 0.15) is 56.4 Å². The minimum atomic E-state index is -0.167. The van der Waals surface area contributed by atoms with Crippen molar-refractivity contribution in [3.63, 3.8) is 0 Å². The van der Waals surface area contributed by atoms with Crippen molar-refractivity contribution in [2.45, 2.75) is 46.0 Å². The number of hydrogen-bond donors (Lipinski definition) is 2. The van der Waals surface area contributed by atoms with Crippen LogP contribution in [0.3, 0.4) is 0 Å². The van der Waals surface area contributed by atoms with E-state index in [0.717, 1.165) is 18.8 Å². The SMILES string of the molecule is CC(C)CNC(=O)c1ccc(NCCC2=CCCCC2)nn1. The van der Waals surface area contributed by atoms with Crippen LogP contribution >= 0.6 is 0 Å². The van der Waals surface area contributed by atoms with Gasteiger partial charge in [-0.1, -0.05) is 25.5 Å². The van der Waals surface area contributed by atoms with Gasteiger partial charge in [0.05, 0.1) is 0 Å². The highest BCUT2D eigenvalue weighted by atomic mass is 16.1. The van der Waals surface area contributed by atoms with E-state index in [9.17, 15) is 4.79 Å². The van der Waals surface area contributed by atoms with E-state index in [0.29, 0.717) is 18.2 Å². The fraction of sp³-hybridized carbons (Fsp3) is 0.588. The first-order valence-electron chi connectivity index (χ1n) is 8.19. The Balaban J connectivity index is 1.76. The molecule has 5 heteroatoms. The van der Waals surface area contributed by atoms with Crippen molar-refractivity contribution in [2.24, 2.45) is 5.92 Å². The van der Waals surface area contributed by atoms with Crippen LogP contribution in [0.15, 0.2) is 23.8 Å². The first-order valence-corrected chi connectivity index (χ1v) is 8.19. The van der Waals surface area contributed by atoms with E-state index < -0.39 is 0 Å². The number of amides is 1. The van der Waals surface area contributed by atoms with Gasteiger partial charge in [0.15, 0.2) is 5.69 Å². The van der Waals surface area contributed by atoms with Crippen molar-refractivity contribution < 1.29 is 4.79 Å². The van der Waals surface area contributed by atoms with Crippen LogP contribution in [0.25, 0.3) is 0 Å². The molecule has 0 aromatic carbocycles. The van der Waals surface area contributed by atoms with Gasteiger partial charge in [-0.2, -0.15) is 0 Å². The molecule has 0 unspecified atom stereocenters. The Labute approximate surface area is 132 Å². The second kappa shape index (κ2) is 8.51. The van der Waals surface area contributed by atoms with Gasteiger partial charge in [0.1, 0.15) is 5.82 Å². The third-order valence-electron chi connectivity index (χ3n) is 3.71. The Kier molecular flexibility index (Phi) is 6.37. The summed E-state index contributed by atoms with van der Waals surface area (Å²) in [5.41, 5.74) is 1.90. The highest BCUT2D eigenvalue weighted by molar-refractivity contribution is 5.92. The average molecular weight is 302 g/mol. The molecule has 0 bridgehead atoms. The molecular formula is C17H26N4O. The average Bonchev–Trinajstić information content (AvgIpc) is 2.54. The second-order valence-electron chi connectivity index (χ2n) is 6.19. The van der Waals surface area contributed by atoms with Crippen molar-refractivity contribution in [2.75, 3.05) is 18.4 Å². The lowest BCUT2D eigenvalue weighted by Gasteiger charge is -2.13. The van der Waals surface area contributed by atoms with Crippen LogP contribution in [-0.4, -0.2) is 29.2 Å². The fourth-order valence-corrected chi connectivity index (χ4v) is 2.42. The standard InChI is InChI=1S/C17H26N4O/c1-13(2)12-19-17(22)15-8-9-16(21-20-15)18-11-10-14-6-4-3-5-7-14/h6,8-9,13H,3-5,7,10-12H2,1-2H3,(H,18,21)(H,19,22). The molecule has 0 saturated carbocycles. The molecule has 1 aliphatic rings. The van der Waals surface area contributed by atoms with Crippen LogP contribution < -0.4 is 10.6 Å². The van der Waals surface area contributed by atoms with Gasteiger partial charge in [-0.3, -0.25) is 4.79 Å². The minimum absolute atomic E-state index is 0.167. The van der Waals surface area contributed by atoms with E-state index in [-0.39, 0.29) is 5.91 Å². The zero-order valence-electron chi connectivity index (χ0n) is 13.6. The summed E-state index contributed by atoms with van der Waals surface area (Å²) in [5, 5.41) is 14.1. The summed E-state index contributed by atoms with van der Waals surface area (Å²) < 4.78 is 0. The summed E-state index contributed by atoms with van der Waals surface area (Å²) in [5.74, 6) is 0.976. The first-order chi connectivity index (χ1) is 10.6. The van der Waals surface area contributed by atoms with Crippen LogP contribution in [0.2, 0.25) is 0 Å². The highest BCUT2D eigenvalue weighted by Gasteiger charge is 2.08. The maximum absolute atomic E-state index is 11.8. The lowest BCUT2D eigenvalue weighted by Crippen LogP contribution is -2.28. The van der Waals surface area contributed by atoms with Gasteiger partial charge in [-0.05, 0) is 50.2 Å². The van der Waals surface area contributed by atoms with Gasteiger partial charge in [0.25, 0.3) is 5.91 Å². The molecule has 1 aromatic heterocycles. The lowest BCUT2D eigenvalue weighted by molar-refractivity contribution is 0.0943. The number of rotatable bonds is 7. The zero-order chi connectivity index (χ0) is 15.8. The van der Waals surface area contributed by atoms with Crippen LogP contribution in [-0.2, 0) is 0 Å². The monoisotopic (exact) mass is 302 g/mol. The van der Waals surface area contributed by atoms with E-state index in [1.165, 1.54) is 31.3 Å². The van der Waals surface area contributed by atoms with Gasteiger partial charge in [0, 0.05) is 13.1 Å². The molecule has 5 nitrogen and oxygen atoms in total. The number of allylic oxidation sites excluding steroid dienone is 1. The van der Waals surface area contributed by atoms with E-state index in [2.05, 4.69) is 40.8 Å². The smallest absolute Gasteiger partial charge is 0.271 e. The van der Waals surface area contributed by atoms with Crippen LogP contribution in [0.5, 0.6) is 0 Å². The Morgan fingerprint density at radius 3 is 2.77 bits per heavy atom. The Morgan fingerprint density at radius 2 is 2.14 bits per heavy atom. The molecule has 0 fully saturated rings. The molecule has 22 heavy (non-hydrogen) atoms. The van der Waals surface area contributed by atoms with Crippen molar-refractivity contribution in [1.29, 1.82) is 0 Å². The van der Waals surface area contributed by atoms with Gasteiger partial charge in [0.2, 0.25) is 0 Å². The molecule has 0 radical (unpaired) electrons. The molecule has 0 atom stereocenters. The van der Waals surface area contributed by atoms with E-state index >= 15 is 0 Å². The second-order valence-corrected chi connectivity index (χ2v) is 6.19. The summed E-state index contributed by atoms with van der Waals surface area (Å²) in [6.07, 6.45) is 8.49. The molecule has 120 valence electrons. The number of hydrogen-bond acceptors (Lipinski definition) is 4. The summed E-state index contributed by atoms with van der Waals surface area (Å²) in [7, 11) is 0. The molecule has 1 aliphatic carbocycles. The number of nitrogens with zero attached hydrogens (tertiary/aromatic N) is 2. The summed E-state index contributed by atoms with van der Waals surface area (Å²) >= 11 is 0. The van der Waals surface area contributed by atoms with E-state index in [4.69, 9.17) is 0 Å². The van der Waals surface area contributed by atoms with Gasteiger partial charge in [-0.15, -0.1) is 10.2 Å². The quantitative estimate of drug-likeness (QED) is 0.759. The molecule has 0 spiro atoms. The van der Waals surface area contributed by atoms with Gasteiger partial charge >= 0.3 is 0 Å². The fourth-order valence-electron chi connectivity index (χ4n) is 2.42. The third-order valence-corrected chi connectivity index (χ3v) is 3.71. The summed E-state index contributed by atoms with van der Waals surface area (Å²) in [6.45, 7) is 5.62. The van der Waals surface area contributed by atoms with Gasteiger partial charge in [-0.25, -0.2) is 0 Å². The predicted molar refractivity (Wildman–Crippen MR) is 88.9 cm³/mol. The van der Waals surface area contributed by atoms with Crippen molar-refractivity contribution in [1.82, 2.24) is 15.5 Å². The molecule has 0 saturated heterocycles. The topological polar surface area (TPSA) is 66.9 Å². The van der Waals surface area contributed by atoms with Gasteiger partial charge < -0.3 is 10.6 Å². The van der Waals surface area contributed by atoms with E-state index in [1.54, 1.807) is 6.07 Å². The molecule has 2 N–H and O–H groups in total. The highest BCUT2D eigenvalue weighted by Crippen LogP contribution is 2.19. The summed E-state index contributed by atoms with van der Waals surface area (Å²) in [4.78, 5) is 11.8. The number of carbonyl (C=O) groups is 1. The Morgan fingerprint density at radius 1 is 1.27 bits per heavy atom. The van der Waals surface area contributed by atoms with Crippen molar-refractivity contribution in [3.05, 3.63) is 29.5 Å².